The number of aliphatic hydroxyl groups excluding tert-OH is 3. The zero-order chi connectivity index (χ0) is 15.4. The number of aliphatic hydroxyl groups is 3. The van der Waals surface area contributed by atoms with E-state index < -0.39 is 55.2 Å². The van der Waals surface area contributed by atoms with Crippen molar-refractivity contribution in [3.05, 3.63) is 0 Å². The standard InChI is InChI=1S/C11H19NO8/c1-4(10(16)17)19-9-7(12-5(2)14)11(18)20-6(3-13)8(9)15/h4,6-9,11,13,15,18H,3H2,1-2H3,(H,12,14)(H,16,17)/t4-,6+,7+,8+,9+,11?/m0/s1. The van der Waals surface area contributed by atoms with Crippen molar-refractivity contribution in [2.24, 2.45) is 0 Å². The van der Waals surface area contributed by atoms with Gasteiger partial charge in [0, 0.05) is 6.92 Å². The van der Waals surface area contributed by atoms with Crippen molar-refractivity contribution in [3.8, 4) is 0 Å². The molecule has 0 aromatic carbocycles. The van der Waals surface area contributed by atoms with Crippen molar-refractivity contribution in [1.82, 2.24) is 5.32 Å². The van der Waals surface area contributed by atoms with Gasteiger partial charge < -0.3 is 35.2 Å². The molecule has 0 saturated carbocycles. The summed E-state index contributed by atoms with van der Waals surface area (Å²) in [6, 6.07) is -1.15. The van der Waals surface area contributed by atoms with Crippen molar-refractivity contribution in [2.75, 3.05) is 6.61 Å². The fraction of sp³-hybridized carbons (Fsp3) is 0.818. The SMILES string of the molecule is CC(=O)N[C@H]1C(O)O[C@H](CO)[C@@H](O)[C@@H]1O[C@@H](C)C(=O)O. The number of carbonyl (C=O) groups excluding carboxylic acids is 1. The molecule has 0 radical (unpaired) electrons. The van der Waals surface area contributed by atoms with Crippen molar-refractivity contribution >= 4 is 11.9 Å². The van der Waals surface area contributed by atoms with Crippen molar-refractivity contribution in [3.63, 3.8) is 0 Å². The molecule has 1 saturated heterocycles. The van der Waals surface area contributed by atoms with Gasteiger partial charge in [-0.1, -0.05) is 0 Å². The zero-order valence-corrected chi connectivity index (χ0v) is 11.1. The number of hydrogen-bond donors (Lipinski definition) is 5. The number of aliphatic carboxylic acids is 1. The van der Waals surface area contributed by atoms with Crippen molar-refractivity contribution in [1.29, 1.82) is 0 Å². The molecular weight excluding hydrogens is 274 g/mol. The minimum atomic E-state index is -1.54. The van der Waals surface area contributed by atoms with Gasteiger partial charge >= 0.3 is 5.97 Å². The van der Waals surface area contributed by atoms with E-state index in [1.165, 1.54) is 13.8 Å². The van der Waals surface area contributed by atoms with Gasteiger partial charge in [0.15, 0.2) is 12.4 Å². The molecule has 20 heavy (non-hydrogen) atoms. The number of carboxylic acids is 1. The van der Waals surface area contributed by atoms with Gasteiger partial charge in [0.25, 0.3) is 0 Å². The Morgan fingerprint density at radius 2 is 2.00 bits per heavy atom. The number of hydrogen-bond acceptors (Lipinski definition) is 7. The molecule has 0 spiro atoms. The summed E-state index contributed by atoms with van der Waals surface area (Å²) in [5.41, 5.74) is 0. The smallest absolute Gasteiger partial charge is 0.332 e. The highest BCUT2D eigenvalue weighted by molar-refractivity contribution is 5.73. The number of carbonyl (C=O) groups is 2. The summed E-state index contributed by atoms with van der Waals surface area (Å²) in [5.74, 6) is -1.77. The molecule has 1 aliphatic heterocycles. The molecule has 1 fully saturated rings. The van der Waals surface area contributed by atoms with Gasteiger partial charge in [-0.2, -0.15) is 0 Å². The van der Waals surface area contributed by atoms with E-state index in [0.717, 1.165) is 0 Å². The Morgan fingerprint density at radius 3 is 2.45 bits per heavy atom. The molecule has 0 aromatic heterocycles. The van der Waals surface area contributed by atoms with Crippen LogP contribution in [-0.2, 0) is 19.1 Å². The lowest BCUT2D eigenvalue weighted by Crippen LogP contribution is -2.65. The maximum absolute atomic E-state index is 11.1. The van der Waals surface area contributed by atoms with E-state index in [2.05, 4.69) is 5.32 Å². The quantitative estimate of drug-likeness (QED) is 0.371. The van der Waals surface area contributed by atoms with Crippen LogP contribution in [0.1, 0.15) is 13.8 Å². The Bertz CT molecular complexity index is 362. The Labute approximate surface area is 115 Å². The fourth-order valence-corrected chi connectivity index (χ4v) is 1.93. The summed E-state index contributed by atoms with van der Waals surface area (Å²) in [5, 5.41) is 40.0. The molecule has 5 N–H and O–H groups in total. The third-order valence-electron chi connectivity index (χ3n) is 2.95. The van der Waals surface area contributed by atoms with Gasteiger partial charge in [-0.05, 0) is 6.92 Å². The van der Waals surface area contributed by atoms with Crippen molar-refractivity contribution < 1.29 is 39.5 Å². The second kappa shape index (κ2) is 6.95. The monoisotopic (exact) mass is 293 g/mol. The maximum Gasteiger partial charge on any atom is 0.332 e. The summed E-state index contributed by atoms with van der Waals surface area (Å²) in [4.78, 5) is 21.9. The van der Waals surface area contributed by atoms with Crippen LogP contribution in [0.15, 0.2) is 0 Å². The van der Waals surface area contributed by atoms with E-state index in [9.17, 15) is 19.8 Å². The average Bonchev–Trinajstić information content (AvgIpc) is 2.36. The Morgan fingerprint density at radius 1 is 1.40 bits per heavy atom. The first-order valence-electron chi connectivity index (χ1n) is 6.05. The van der Waals surface area contributed by atoms with E-state index in [-0.39, 0.29) is 0 Å². The third kappa shape index (κ3) is 3.87. The summed E-state index contributed by atoms with van der Waals surface area (Å²) in [6.07, 6.45) is -6.57. The predicted octanol–water partition coefficient (Wildman–Crippen LogP) is -2.58. The lowest BCUT2D eigenvalue weighted by atomic mass is 9.96. The predicted molar refractivity (Wildman–Crippen MR) is 63.5 cm³/mol. The molecule has 9 nitrogen and oxygen atoms in total. The molecule has 9 heteroatoms. The van der Waals surface area contributed by atoms with Crippen LogP contribution in [0, 0.1) is 0 Å². The molecule has 0 aromatic rings. The number of carboxylic acid groups (broad SMARTS) is 1. The summed E-state index contributed by atoms with van der Waals surface area (Å²) in [7, 11) is 0. The topological polar surface area (TPSA) is 146 Å². The first-order valence-corrected chi connectivity index (χ1v) is 6.05. The summed E-state index contributed by atoms with van der Waals surface area (Å²) in [6.45, 7) is 1.84. The van der Waals surface area contributed by atoms with Crippen LogP contribution in [0.25, 0.3) is 0 Å². The van der Waals surface area contributed by atoms with E-state index in [1.807, 2.05) is 0 Å². The van der Waals surface area contributed by atoms with Crippen LogP contribution < -0.4 is 5.32 Å². The highest BCUT2D eigenvalue weighted by atomic mass is 16.6. The van der Waals surface area contributed by atoms with Crippen LogP contribution >= 0.6 is 0 Å². The second-order valence-corrected chi connectivity index (χ2v) is 4.55. The van der Waals surface area contributed by atoms with Crippen LogP contribution in [0.5, 0.6) is 0 Å². The molecule has 1 amide bonds. The second-order valence-electron chi connectivity index (χ2n) is 4.55. The van der Waals surface area contributed by atoms with Gasteiger partial charge in [0.2, 0.25) is 5.91 Å². The molecule has 1 aliphatic rings. The first kappa shape index (κ1) is 16.8. The Hall–Kier alpha value is -1.26. The number of nitrogens with one attached hydrogen (secondary N) is 1. The highest BCUT2D eigenvalue weighted by Crippen LogP contribution is 2.23. The molecule has 1 unspecified atom stereocenters. The van der Waals surface area contributed by atoms with Gasteiger partial charge in [-0.3, -0.25) is 4.79 Å². The minimum Gasteiger partial charge on any atom is -0.479 e. The van der Waals surface area contributed by atoms with Gasteiger partial charge in [0.05, 0.1) is 6.61 Å². The van der Waals surface area contributed by atoms with E-state index in [0.29, 0.717) is 0 Å². The van der Waals surface area contributed by atoms with Crippen molar-refractivity contribution in [2.45, 2.75) is 50.6 Å². The average molecular weight is 293 g/mol. The van der Waals surface area contributed by atoms with Gasteiger partial charge in [0.1, 0.15) is 24.4 Å². The Kier molecular flexibility index (Phi) is 5.84. The molecule has 1 heterocycles. The molecule has 116 valence electrons. The number of rotatable bonds is 5. The zero-order valence-electron chi connectivity index (χ0n) is 11.1. The van der Waals surface area contributed by atoms with E-state index in [1.54, 1.807) is 0 Å². The van der Waals surface area contributed by atoms with E-state index >= 15 is 0 Å². The summed E-state index contributed by atoms with van der Waals surface area (Å²) < 4.78 is 10.1. The Balaban J connectivity index is 2.92. The van der Waals surface area contributed by atoms with Gasteiger partial charge in [-0.25, -0.2) is 4.79 Å². The highest BCUT2D eigenvalue weighted by Gasteiger charge is 2.46. The lowest BCUT2D eigenvalue weighted by Gasteiger charge is -2.42. The fourth-order valence-electron chi connectivity index (χ4n) is 1.93. The molecular formula is C11H19NO8. The largest absolute Gasteiger partial charge is 0.479 e. The molecule has 0 aliphatic carbocycles. The number of ether oxygens (including phenoxy) is 2. The van der Waals surface area contributed by atoms with Gasteiger partial charge in [-0.15, -0.1) is 0 Å². The molecule has 6 atom stereocenters. The third-order valence-corrected chi connectivity index (χ3v) is 2.95. The summed E-state index contributed by atoms with van der Waals surface area (Å²) >= 11 is 0. The first-order chi connectivity index (χ1) is 9.27. The normalized spacial score (nSPS) is 35.4. The lowest BCUT2D eigenvalue weighted by molar-refractivity contribution is -0.267. The molecule has 1 rings (SSSR count). The van der Waals surface area contributed by atoms with Crippen LogP contribution in [0.2, 0.25) is 0 Å². The number of amides is 1. The van der Waals surface area contributed by atoms with Crippen LogP contribution in [-0.4, -0.2) is 75.7 Å². The molecule has 0 bridgehead atoms. The maximum atomic E-state index is 11.1. The minimum absolute atomic E-state index is 0.510. The van der Waals surface area contributed by atoms with E-state index in [4.69, 9.17) is 19.7 Å². The van der Waals surface area contributed by atoms with Crippen LogP contribution in [0.3, 0.4) is 0 Å². The van der Waals surface area contributed by atoms with Crippen LogP contribution in [0.4, 0.5) is 0 Å².